The van der Waals surface area contributed by atoms with Gasteiger partial charge in [0.05, 0.1) is 13.2 Å². The van der Waals surface area contributed by atoms with Crippen LogP contribution in [0.5, 0.6) is 11.5 Å². The molecule has 3 aromatic rings. The zero-order valence-corrected chi connectivity index (χ0v) is 15.9. The van der Waals surface area contributed by atoms with Crippen LogP contribution in [0.3, 0.4) is 0 Å². The number of nitrogens with zero attached hydrogens (tertiary/aromatic N) is 1. The number of carbonyl (C=O) groups excluding carboxylic acids is 1. The van der Waals surface area contributed by atoms with Crippen LogP contribution in [0.4, 0.5) is 0 Å². The minimum atomic E-state index is -1.36. The summed E-state index contributed by atoms with van der Waals surface area (Å²) in [5.74, 6) is 1.03. The van der Waals surface area contributed by atoms with Gasteiger partial charge in [0.25, 0.3) is 5.91 Å². The number of ether oxygens (including phenoxy) is 2. The Morgan fingerprint density at radius 3 is 2.34 bits per heavy atom. The van der Waals surface area contributed by atoms with E-state index in [0.717, 1.165) is 5.56 Å². The van der Waals surface area contributed by atoms with Crippen molar-refractivity contribution in [2.24, 2.45) is 0 Å². The molecule has 0 spiro atoms. The van der Waals surface area contributed by atoms with Crippen LogP contribution in [-0.2, 0) is 10.3 Å². The molecule has 1 saturated heterocycles. The largest absolute Gasteiger partial charge is 0.456 e. The maximum atomic E-state index is 12.9. The molecule has 2 aliphatic heterocycles. The predicted molar refractivity (Wildman–Crippen MR) is 108 cm³/mol. The van der Waals surface area contributed by atoms with Crippen molar-refractivity contribution in [3.05, 3.63) is 95.1 Å². The number of hydrogen-bond acceptors (Lipinski definition) is 4. The van der Waals surface area contributed by atoms with Crippen molar-refractivity contribution in [3.8, 4) is 11.5 Å². The molecule has 1 amide bonds. The third-order valence-corrected chi connectivity index (χ3v) is 5.60. The van der Waals surface area contributed by atoms with Crippen LogP contribution in [0.1, 0.15) is 27.0 Å². The summed E-state index contributed by atoms with van der Waals surface area (Å²) in [6, 6.07) is 22.3. The summed E-state index contributed by atoms with van der Waals surface area (Å²) in [6.07, 6.45) is 0. The first-order valence-electron chi connectivity index (χ1n) is 9.75. The molecule has 146 valence electrons. The van der Waals surface area contributed by atoms with E-state index in [1.165, 1.54) is 0 Å². The summed E-state index contributed by atoms with van der Waals surface area (Å²) in [6.45, 7) is 2.25. The Kier molecular flexibility index (Phi) is 4.34. The summed E-state index contributed by atoms with van der Waals surface area (Å²) >= 11 is 0. The molecule has 0 saturated carbocycles. The lowest BCUT2D eigenvalue weighted by Crippen LogP contribution is -2.40. The lowest BCUT2D eigenvalue weighted by Gasteiger charge is -2.36. The number of aliphatic hydroxyl groups is 1. The average Bonchev–Trinajstić information content (AvgIpc) is 2.79. The molecule has 5 rings (SSSR count). The predicted octanol–water partition coefficient (Wildman–Crippen LogP) is 3.55. The molecule has 5 heteroatoms. The van der Waals surface area contributed by atoms with Crippen molar-refractivity contribution < 1.29 is 19.4 Å². The van der Waals surface area contributed by atoms with Crippen molar-refractivity contribution in [1.82, 2.24) is 4.90 Å². The molecule has 0 aromatic heterocycles. The zero-order chi connectivity index (χ0) is 19.8. The van der Waals surface area contributed by atoms with Gasteiger partial charge in [0, 0.05) is 29.8 Å². The summed E-state index contributed by atoms with van der Waals surface area (Å²) < 4.78 is 11.5. The highest BCUT2D eigenvalue weighted by Gasteiger charge is 2.42. The summed E-state index contributed by atoms with van der Waals surface area (Å²) in [5.41, 5.74) is 1.25. The van der Waals surface area contributed by atoms with Gasteiger partial charge in [0.1, 0.15) is 17.1 Å². The van der Waals surface area contributed by atoms with Gasteiger partial charge in [-0.2, -0.15) is 0 Å². The molecular formula is C24H21NO4. The molecule has 0 bridgehead atoms. The second-order valence-electron chi connectivity index (χ2n) is 7.29. The fourth-order valence-corrected chi connectivity index (χ4v) is 4.10. The molecule has 0 aliphatic carbocycles. The second kappa shape index (κ2) is 7.03. The molecule has 1 unspecified atom stereocenters. The number of para-hydroxylation sites is 1. The standard InChI is InChI=1S/C24H21NO4/c26-23(25-12-14-28-15-13-25)17-10-11-20-22(16-17)29-21-9-5-4-8-19(21)24(20,27)18-6-2-1-3-7-18/h1-11,16,27H,12-15H2. The van der Waals surface area contributed by atoms with Gasteiger partial charge in [0.2, 0.25) is 0 Å². The number of rotatable bonds is 2. The van der Waals surface area contributed by atoms with Crippen molar-refractivity contribution in [3.63, 3.8) is 0 Å². The smallest absolute Gasteiger partial charge is 0.254 e. The van der Waals surface area contributed by atoms with Gasteiger partial charge in [-0.1, -0.05) is 54.6 Å². The van der Waals surface area contributed by atoms with E-state index in [9.17, 15) is 9.90 Å². The summed E-state index contributed by atoms with van der Waals surface area (Å²) in [7, 11) is 0. The summed E-state index contributed by atoms with van der Waals surface area (Å²) in [4.78, 5) is 14.7. The fourth-order valence-electron chi connectivity index (χ4n) is 4.10. The van der Waals surface area contributed by atoms with E-state index >= 15 is 0 Å². The Morgan fingerprint density at radius 1 is 0.862 bits per heavy atom. The molecule has 1 fully saturated rings. The molecule has 2 aliphatic rings. The average molecular weight is 387 g/mol. The molecule has 3 aromatic carbocycles. The van der Waals surface area contributed by atoms with E-state index in [-0.39, 0.29) is 5.91 Å². The van der Waals surface area contributed by atoms with Crippen molar-refractivity contribution in [1.29, 1.82) is 0 Å². The highest BCUT2D eigenvalue weighted by atomic mass is 16.5. The van der Waals surface area contributed by atoms with Gasteiger partial charge in [-0.15, -0.1) is 0 Å². The van der Waals surface area contributed by atoms with Crippen molar-refractivity contribution in [2.75, 3.05) is 26.3 Å². The highest BCUT2D eigenvalue weighted by molar-refractivity contribution is 5.95. The minimum Gasteiger partial charge on any atom is -0.456 e. The number of fused-ring (bicyclic) bond motifs is 2. The van der Waals surface area contributed by atoms with Gasteiger partial charge < -0.3 is 19.5 Å². The molecule has 1 atom stereocenters. The zero-order valence-electron chi connectivity index (χ0n) is 15.9. The molecule has 5 nitrogen and oxygen atoms in total. The van der Waals surface area contributed by atoms with E-state index < -0.39 is 5.60 Å². The van der Waals surface area contributed by atoms with Gasteiger partial charge in [0.15, 0.2) is 0 Å². The van der Waals surface area contributed by atoms with E-state index in [1.807, 2.05) is 54.6 Å². The van der Waals surface area contributed by atoms with Gasteiger partial charge >= 0.3 is 0 Å². The highest BCUT2D eigenvalue weighted by Crippen LogP contribution is 2.50. The Hall–Kier alpha value is -3.15. The number of amides is 1. The van der Waals surface area contributed by atoms with Crippen LogP contribution in [0, 0.1) is 0 Å². The van der Waals surface area contributed by atoms with Crippen LogP contribution in [0.2, 0.25) is 0 Å². The third-order valence-electron chi connectivity index (χ3n) is 5.60. The third kappa shape index (κ3) is 2.90. The Labute approximate surface area is 169 Å². The first-order chi connectivity index (χ1) is 14.2. The van der Waals surface area contributed by atoms with Crippen molar-refractivity contribution >= 4 is 5.91 Å². The number of morpholine rings is 1. The maximum Gasteiger partial charge on any atom is 0.254 e. The SMILES string of the molecule is O=C(c1ccc2c(c1)Oc1ccccc1C2(O)c1ccccc1)N1CCOCC1. The molecule has 29 heavy (non-hydrogen) atoms. The molecule has 2 heterocycles. The summed E-state index contributed by atoms with van der Waals surface area (Å²) in [5, 5.41) is 11.9. The Morgan fingerprint density at radius 2 is 1.55 bits per heavy atom. The van der Waals surface area contributed by atoms with E-state index in [0.29, 0.717) is 54.5 Å². The molecule has 1 N–H and O–H groups in total. The first kappa shape index (κ1) is 17.9. The van der Waals surface area contributed by atoms with Crippen LogP contribution in [0.15, 0.2) is 72.8 Å². The maximum absolute atomic E-state index is 12.9. The lowest BCUT2D eigenvalue weighted by atomic mass is 9.78. The monoisotopic (exact) mass is 387 g/mol. The Bertz CT molecular complexity index is 1060. The van der Waals surface area contributed by atoms with Crippen LogP contribution in [-0.4, -0.2) is 42.2 Å². The number of benzene rings is 3. The normalized spacial score (nSPS) is 20.4. The van der Waals surface area contributed by atoms with Crippen LogP contribution >= 0.6 is 0 Å². The van der Waals surface area contributed by atoms with E-state index in [1.54, 1.807) is 23.1 Å². The van der Waals surface area contributed by atoms with E-state index in [4.69, 9.17) is 9.47 Å². The van der Waals surface area contributed by atoms with Crippen LogP contribution in [0.25, 0.3) is 0 Å². The lowest BCUT2D eigenvalue weighted by molar-refractivity contribution is 0.0302. The van der Waals surface area contributed by atoms with Crippen LogP contribution < -0.4 is 4.74 Å². The van der Waals surface area contributed by atoms with Gasteiger partial charge in [-0.3, -0.25) is 4.79 Å². The van der Waals surface area contributed by atoms with Crippen molar-refractivity contribution in [2.45, 2.75) is 5.60 Å². The Balaban J connectivity index is 1.62. The first-order valence-corrected chi connectivity index (χ1v) is 9.75. The molecule has 0 radical (unpaired) electrons. The van der Waals surface area contributed by atoms with Gasteiger partial charge in [-0.05, 0) is 23.8 Å². The number of carbonyl (C=O) groups is 1. The second-order valence-corrected chi connectivity index (χ2v) is 7.29. The fraction of sp³-hybridized carbons (Fsp3) is 0.208. The van der Waals surface area contributed by atoms with Gasteiger partial charge in [-0.25, -0.2) is 0 Å². The topological polar surface area (TPSA) is 59.0 Å². The minimum absolute atomic E-state index is 0.0539. The number of hydrogen-bond donors (Lipinski definition) is 1. The quantitative estimate of drug-likeness (QED) is 0.731. The molecular weight excluding hydrogens is 366 g/mol. The van der Waals surface area contributed by atoms with E-state index in [2.05, 4.69) is 0 Å².